The Balaban J connectivity index is 0.00000127. The van der Waals surface area contributed by atoms with Gasteiger partial charge in [0.05, 0.1) is 24.6 Å². The predicted octanol–water partition coefficient (Wildman–Crippen LogP) is 5.40. The van der Waals surface area contributed by atoms with Gasteiger partial charge in [0.2, 0.25) is 0 Å². The van der Waals surface area contributed by atoms with Crippen molar-refractivity contribution in [2.45, 2.75) is 26.6 Å². The monoisotopic (exact) mass is 346 g/mol. The van der Waals surface area contributed by atoms with Crippen LogP contribution in [-0.4, -0.2) is 12.1 Å². The summed E-state index contributed by atoms with van der Waals surface area (Å²) < 4.78 is 43.2. The number of benzene rings is 1. The van der Waals surface area contributed by atoms with Crippen LogP contribution in [0.3, 0.4) is 0 Å². The van der Waals surface area contributed by atoms with Gasteiger partial charge in [-0.3, -0.25) is 0 Å². The zero-order chi connectivity index (χ0) is 17.5. The quantitative estimate of drug-likeness (QED) is 0.752. The molecule has 1 N–H and O–H groups in total. The van der Waals surface area contributed by atoms with Gasteiger partial charge in [-0.2, -0.15) is 13.2 Å². The lowest BCUT2D eigenvalue weighted by Gasteiger charge is -2.12. The van der Waals surface area contributed by atoms with Gasteiger partial charge in [-0.1, -0.05) is 37.6 Å². The van der Waals surface area contributed by atoms with Gasteiger partial charge in [0.15, 0.2) is 0 Å². The molecule has 0 bridgehead atoms. The molecule has 0 spiro atoms. The molecule has 1 aromatic heterocycles. The molecule has 0 saturated heterocycles. The zero-order valence-corrected chi connectivity index (χ0v) is 13.8. The average Bonchev–Trinajstić information content (AvgIpc) is 2.55. The first kappa shape index (κ1) is 19.1. The minimum absolute atomic E-state index is 0.252. The molecule has 0 aliphatic carbocycles. The van der Waals surface area contributed by atoms with E-state index in [2.05, 4.69) is 10.3 Å². The molecule has 0 fully saturated rings. The van der Waals surface area contributed by atoms with E-state index in [1.807, 2.05) is 26.0 Å². The van der Waals surface area contributed by atoms with Crippen LogP contribution in [0.4, 0.5) is 18.9 Å². The molecule has 0 amide bonds. The highest BCUT2D eigenvalue weighted by molar-refractivity contribution is 6.30. The van der Waals surface area contributed by atoms with Crippen LogP contribution in [0.1, 0.15) is 25.0 Å². The standard InChI is InChI=1S/C14H12ClF3N2O.C2H6/c1-21-11-4-2-9(3-5-11)7-19-10-6-12(14(16,17)18)13(15)20-8-10;1-2/h2-6,8,19H,7H2,1H3;1-2H3. The van der Waals surface area contributed by atoms with Crippen LogP contribution in [0.2, 0.25) is 5.15 Å². The summed E-state index contributed by atoms with van der Waals surface area (Å²) in [6, 6.07) is 8.13. The van der Waals surface area contributed by atoms with Crippen molar-refractivity contribution in [3.63, 3.8) is 0 Å². The molecule has 1 aromatic carbocycles. The van der Waals surface area contributed by atoms with Gasteiger partial charge < -0.3 is 10.1 Å². The summed E-state index contributed by atoms with van der Waals surface area (Å²) in [4.78, 5) is 3.55. The van der Waals surface area contributed by atoms with Crippen molar-refractivity contribution in [1.29, 1.82) is 0 Å². The first-order valence-corrected chi connectivity index (χ1v) is 7.37. The number of rotatable bonds is 4. The molecule has 2 aromatic rings. The summed E-state index contributed by atoms with van der Waals surface area (Å²) in [7, 11) is 1.56. The number of nitrogens with zero attached hydrogens (tertiary/aromatic N) is 1. The third kappa shape index (κ3) is 5.63. The van der Waals surface area contributed by atoms with Crippen molar-refractivity contribution in [3.8, 4) is 5.75 Å². The SMILES string of the molecule is CC.COc1ccc(CNc2cnc(Cl)c(C(F)(F)F)c2)cc1. The minimum Gasteiger partial charge on any atom is -0.497 e. The van der Waals surface area contributed by atoms with Crippen molar-refractivity contribution in [1.82, 2.24) is 4.98 Å². The third-order valence-electron chi connectivity index (χ3n) is 2.80. The van der Waals surface area contributed by atoms with E-state index in [9.17, 15) is 13.2 Å². The normalized spacial score (nSPS) is 10.6. The fourth-order valence-electron chi connectivity index (χ4n) is 1.69. The second-order valence-corrected chi connectivity index (χ2v) is 4.62. The number of hydrogen-bond acceptors (Lipinski definition) is 3. The van der Waals surface area contributed by atoms with Crippen LogP contribution in [0.5, 0.6) is 5.75 Å². The average molecular weight is 347 g/mol. The van der Waals surface area contributed by atoms with E-state index in [0.717, 1.165) is 11.6 Å². The van der Waals surface area contributed by atoms with E-state index >= 15 is 0 Å². The molecule has 7 heteroatoms. The van der Waals surface area contributed by atoms with Crippen LogP contribution in [-0.2, 0) is 12.7 Å². The maximum absolute atomic E-state index is 12.7. The van der Waals surface area contributed by atoms with Gasteiger partial charge >= 0.3 is 6.18 Å². The van der Waals surface area contributed by atoms with E-state index in [-0.39, 0.29) is 5.69 Å². The number of anilines is 1. The molecule has 0 atom stereocenters. The van der Waals surface area contributed by atoms with Gasteiger partial charge in [0, 0.05) is 6.54 Å². The van der Waals surface area contributed by atoms with Gasteiger partial charge in [0.1, 0.15) is 10.9 Å². The lowest BCUT2D eigenvalue weighted by atomic mass is 10.2. The maximum Gasteiger partial charge on any atom is 0.419 e. The second kappa shape index (κ2) is 8.62. The van der Waals surface area contributed by atoms with Gasteiger partial charge in [-0.25, -0.2) is 4.98 Å². The van der Waals surface area contributed by atoms with E-state index in [1.165, 1.54) is 6.20 Å². The molecule has 0 aliphatic rings. The van der Waals surface area contributed by atoms with Crippen molar-refractivity contribution < 1.29 is 17.9 Å². The van der Waals surface area contributed by atoms with Crippen LogP contribution in [0.15, 0.2) is 36.5 Å². The predicted molar refractivity (Wildman–Crippen MR) is 85.9 cm³/mol. The van der Waals surface area contributed by atoms with Gasteiger partial charge in [0.25, 0.3) is 0 Å². The first-order valence-electron chi connectivity index (χ1n) is 6.99. The Morgan fingerprint density at radius 1 is 1.17 bits per heavy atom. The number of halogens is 4. The molecule has 0 aliphatic heterocycles. The number of alkyl halides is 3. The summed E-state index contributed by atoms with van der Waals surface area (Å²) in [6.45, 7) is 4.37. The summed E-state index contributed by atoms with van der Waals surface area (Å²) in [5, 5.41) is 2.32. The van der Waals surface area contributed by atoms with E-state index in [1.54, 1.807) is 19.2 Å². The lowest BCUT2D eigenvalue weighted by molar-refractivity contribution is -0.137. The zero-order valence-electron chi connectivity index (χ0n) is 13.0. The summed E-state index contributed by atoms with van der Waals surface area (Å²) >= 11 is 5.46. The number of methoxy groups -OCH3 is 1. The Morgan fingerprint density at radius 2 is 1.78 bits per heavy atom. The van der Waals surface area contributed by atoms with Crippen molar-refractivity contribution >= 4 is 17.3 Å². The van der Waals surface area contributed by atoms with Gasteiger partial charge in [-0.05, 0) is 23.8 Å². The number of hydrogen-bond donors (Lipinski definition) is 1. The third-order valence-corrected chi connectivity index (χ3v) is 3.10. The smallest absolute Gasteiger partial charge is 0.419 e. The van der Waals surface area contributed by atoms with Crippen LogP contribution in [0, 0.1) is 0 Å². The molecule has 3 nitrogen and oxygen atoms in total. The molecular weight excluding hydrogens is 329 g/mol. The summed E-state index contributed by atoms with van der Waals surface area (Å²) in [6.07, 6.45) is -3.26. The highest BCUT2D eigenvalue weighted by Crippen LogP contribution is 2.34. The largest absolute Gasteiger partial charge is 0.497 e. The number of pyridine rings is 1. The number of ether oxygens (including phenoxy) is 1. The lowest BCUT2D eigenvalue weighted by Crippen LogP contribution is -2.08. The Bertz CT molecular complexity index is 616. The fourth-order valence-corrected chi connectivity index (χ4v) is 1.90. The Labute approximate surface area is 138 Å². The van der Waals surface area contributed by atoms with Crippen LogP contribution in [0.25, 0.3) is 0 Å². The van der Waals surface area contributed by atoms with Crippen LogP contribution >= 0.6 is 11.6 Å². The number of nitrogens with one attached hydrogen (secondary N) is 1. The Kier molecular flexibility index (Phi) is 7.16. The van der Waals surface area contributed by atoms with E-state index in [4.69, 9.17) is 16.3 Å². The van der Waals surface area contributed by atoms with Crippen molar-refractivity contribution in [3.05, 3.63) is 52.8 Å². The van der Waals surface area contributed by atoms with Crippen molar-refractivity contribution in [2.24, 2.45) is 0 Å². The molecule has 1 heterocycles. The molecular formula is C16H18ClF3N2O. The number of aromatic nitrogens is 1. The summed E-state index contributed by atoms with van der Waals surface area (Å²) in [5.41, 5.74) is 0.200. The van der Waals surface area contributed by atoms with Gasteiger partial charge in [-0.15, -0.1) is 0 Å². The van der Waals surface area contributed by atoms with E-state index in [0.29, 0.717) is 12.3 Å². The van der Waals surface area contributed by atoms with Crippen LogP contribution < -0.4 is 10.1 Å². The molecule has 0 saturated carbocycles. The van der Waals surface area contributed by atoms with E-state index < -0.39 is 16.9 Å². The van der Waals surface area contributed by atoms with Crippen molar-refractivity contribution in [2.75, 3.05) is 12.4 Å². The second-order valence-electron chi connectivity index (χ2n) is 4.26. The molecule has 0 radical (unpaired) electrons. The fraction of sp³-hybridized carbons (Fsp3) is 0.312. The molecule has 126 valence electrons. The Hall–Kier alpha value is -1.95. The highest BCUT2D eigenvalue weighted by atomic mass is 35.5. The highest BCUT2D eigenvalue weighted by Gasteiger charge is 2.34. The topological polar surface area (TPSA) is 34.1 Å². The Morgan fingerprint density at radius 3 is 2.30 bits per heavy atom. The molecule has 23 heavy (non-hydrogen) atoms. The molecule has 2 rings (SSSR count). The minimum atomic E-state index is -4.53. The maximum atomic E-state index is 12.7. The summed E-state index contributed by atoms with van der Waals surface area (Å²) in [5.74, 6) is 0.714. The molecule has 0 unspecified atom stereocenters. The first-order chi connectivity index (χ1) is 10.9.